The molecule has 5 nitrogen and oxygen atoms in total. The van der Waals surface area contributed by atoms with E-state index in [1.165, 1.54) is 12.1 Å². The normalized spacial score (nSPS) is 16.2. The Hall–Kier alpha value is -7.89. The molecule has 0 atom stereocenters. The number of para-hydroxylation sites is 2. The monoisotopic (exact) mass is 951 g/mol. The first-order chi connectivity index (χ1) is 39.5. The Labute approximate surface area is 440 Å². The fraction of sp³-hybridized carbons (Fsp3) is 0.209. The van der Waals surface area contributed by atoms with Gasteiger partial charge in [0, 0.05) is 67.6 Å². The fourth-order valence-corrected chi connectivity index (χ4v) is 10.8. The summed E-state index contributed by atoms with van der Waals surface area (Å²) in [4.78, 5) is 7.02. The second-order valence-electron chi connectivity index (χ2n) is 21.2. The van der Waals surface area contributed by atoms with Crippen LogP contribution in [0.4, 0.5) is 11.4 Å². The summed E-state index contributed by atoms with van der Waals surface area (Å²) >= 11 is 0. The van der Waals surface area contributed by atoms with Crippen LogP contribution in [0.5, 0.6) is 11.5 Å². The van der Waals surface area contributed by atoms with Gasteiger partial charge in [0.25, 0.3) is 0 Å². The number of fused-ring (bicyclic) bond motifs is 10. The molecule has 0 amide bonds. The number of hydrogen-bond donors (Lipinski definition) is 0. The summed E-state index contributed by atoms with van der Waals surface area (Å²) in [6.45, 7) is -0.996. The number of aromatic nitrogens is 3. The number of benzene rings is 8. The van der Waals surface area contributed by atoms with Gasteiger partial charge in [-0.1, -0.05) is 177 Å². The van der Waals surface area contributed by atoms with Gasteiger partial charge in [0.2, 0.25) is 0 Å². The zero-order valence-electron chi connectivity index (χ0n) is 53.2. The van der Waals surface area contributed by atoms with Gasteiger partial charge in [-0.15, -0.1) is 0 Å². The molecule has 1 aliphatic heterocycles. The van der Waals surface area contributed by atoms with E-state index in [4.69, 9.17) is 22.1 Å². The summed E-state index contributed by atoms with van der Waals surface area (Å²) in [6, 6.07) is 56.0. The molecule has 0 saturated carbocycles. The second-order valence-corrected chi connectivity index (χ2v) is 21.2. The summed E-state index contributed by atoms with van der Waals surface area (Å²) in [5.74, 6) is 1.95. The molecule has 0 saturated heterocycles. The summed E-state index contributed by atoms with van der Waals surface area (Å²) in [7, 11) is 0. The summed E-state index contributed by atoms with van der Waals surface area (Å²) in [5.41, 5.74) is 2.46. The minimum atomic E-state index is -3.55. The smallest absolute Gasteiger partial charge is 0.137 e. The highest BCUT2D eigenvalue weighted by Gasteiger charge is 2.28. The van der Waals surface area contributed by atoms with E-state index in [2.05, 4.69) is 77.3 Å². The molecule has 72 heavy (non-hydrogen) atoms. The van der Waals surface area contributed by atoms with Crippen molar-refractivity contribution < 1.29 is 21.2 Å². The van der Waals surface area contributed by atoms with E-state index in [1.807, 2.05) is 136 Å². The maximum Gasteiger partial charge on any atom is 0.137 e. The lowest BCUT2D eigenvalue weighted by Gasteiger charge is -2.27. The van der Waals surface area contributed by atoms with E-state index in [1.54, 1.807) is 12.1 Å². The number of rotatable bonds is 5. The largest absolute Gasteiger partial charge is 0.457 e. The van der Waals surface area contributed by atoms with Gasteiger partial charge in [-0.25, -0.2) is 4.98 Å². The highest BCUT2D eigenvalue weighted by Crippen LogP contribution is 2.47. The Balaban J connectivity index is 1.13. The molecule has 356 valence electrons. The quantitative estimate of drug-likeness (QED) is 0.172. The van der Waals surface area contributed by atoms with Gasteiger partial charge in [0.05, 0.1) is 27.8 Å². The van der Waals surface area contributed by atoms with Gasteiger partial charge in [-0.05, 0) is 121 Å². The lowest BCUT2D eigenvalue weighted by molar-refractivity contribution is 0.483. The van der Waals surface area contributed by atoms with Crippen molar-refractivity contribution in [1.29, 1.82) is 0 Å². The molecule has 12 rings (SSSR count). The molecule has 0 unspecified atom stereocenters. The first-order valence-corrected chi connectivity index (χ1v) is 24.5. The predicted molar refractivity (Wildman–Crippen MR) is 306 cm³/mol. The molecule has 1 aliphatic rings. The molecule has 11 aromatic rings. The summed E-state index contributed by atoms with van der Waals surface area (Å²) in [5, 5.41) is 6.47. The number of aryl methyl sites for hydroxylation is 1. The first kappa shape index (κ1) is 33.7. The minimum Gasteiger partial charge on any atom is -0.457 e. The Bertz CT molecular complexity index is 4510. The maximum atomic E-state index is 9.22. The molecule has 4 heterocycles. The predicted octanol–water partition coefficient (Wildman–Crippen LogP) is 18.5. The summed E-state index contributed by atoms with van der Waals surface area (Å²) in [6.07, 6.45) is 1.86. The topological polar surface area (TPSA) is 35.2 Å². The molecule has 5 heteroatoms. The lowest BCUT2D eigenvalue weighted by atomic mass is 9.78. The highest BCUT2D eigenvalue weighted by molar-refractivity contribution is 6.22. The average Bonchev–Trinajstić information content (AvgIpc) is 0.947. The van der Waals surface area contributed by atoms with Crippen LogP contribution >= 0.6 is 0 Å². The summed E-state index contributed by atoms with van der Waals surface area (Å²) < 4.78 is 118. The minimum absolute atomic E-state index is 0.0451. The van der Waals surface area contributed by atoms with Crippen LogP contribution < -0.4 is 9.64 Å². The molecule has 0 aliphatic carbocycles. The number of hydrogen-bond acceptors (Lipinski definition) is 3. The molecular formula is C67H62N4O. The maximum absolute atomic E-state index is 9.22. The SMILES string of the molecule is [2H]C([2H])([2H])c1ccc(-c2cc(C(C)(C)C)cc(C(C([2H])([2H])[2H])(C([2H])([2H])[2H])C([2H])([2H])[2H])c2)c2c1c1ccccc1c1ccccc1c1cccc3c1n2CN3c1cccc(Oc2ccc3c4ccccc4n(-c4cc(C(C)(C)C)ccn4)c3c2)c1. The lowest BCUT2D eigenvalue weighted by Crippen LogP contribution is -2.17. The van der Waals surface area contributed by atoms with Gasteiger partial charge >= 0.3 is 0 Å². The van der Waals surface area contributed by atoms with Crippen molar-refractivity contribution in [3.8, 4) is 28.4 Å². The van der Waals surface area contributed by atoms with Gasteiger partial charge in [-0.2, -0.15) is 0 Å². The van der Waals surface area contributed by atoms with Gasteiger partial charge in [0.15, 0.2) is 0 Å². The fourth-order valence-electron chi connectivity index (χ4n) is 10.8. The van der Waals surface area contributed by atoms with Crippen LogP contribution in [0.25, 0.3) is 82.1 Å². The van der Waals surface area contributed by atoms with Gasteiger partial charge < -0.3 is 14.2 Å². The van der Waals surface area contributed by atoms with Crippen molar-refractivity contribution in [1.82, 2.24) is 14.1 Å². The van der Waals surface area contributed by atoms with E-state index in [0.717, 1.165) is 71.6 Å². The number of nitrogens with zero attached hydrogens (tertiary/aromatic N) is 4. The van der Waals surface area contributed by atoms with E-state index in [9.17, 15) is 4.11 Å². The van der Waals surface area contributed by atoms with Crippen LogP contribution in [-0.2, 0) is 22.9 Å². The molecule has 0 fully saturated rings. The zero-order chi connectivity index (χ0) is 59.8. The first-order valence-electron chi connectivity index (χ1n) is 30.5. The van der Waals surface area contributed by atoms with Gasteiger partial charge in [-0.3, -0.25) is 4.57 Å². The molecular weight excluding hydrogens is 877 g/mol. The van der Waals surface area contributed by atoms with E-state index < -0.39 is 43.8 Å². The molecule has 3 aromatic heterocycles. The van der Waals surface area contributed by atoms with Crippen molar-refractivity contribution in [2.24, 2.45) is 0 Å². The molecule has 0 N–H and O–H groups in total. The van der Waals surface area contributed by atoms with Crippen LogP contribution in [0.15, 0.2) is 182 Å². The van der Waals surface area contributed by atoms with Crippen LogP contribution in [0, 0.1) is 6.85 Å². The van der Waals surface area contributed by atoms with Crippen LogP contribution in [-0.4, -0.2) is 14.1 Å². The Morgan fingerprint density at radius 2 is 1.14 bits per heavy atom. The van der Waals surface area contributed by atoms with E-state index >= 15 is 0 Å². The molecule has 0 spiro atoms. The zero-order valence-corrected chi connectivity index (χ0v) is 41.2. The standard InChI is InChI=1S/C67H62N4O/c1-42-29-31-50(43-35-45(66(5,6)7)37-46(36-43)67(8,9)10)64-62(42)56-25-14-13-22-52(56)51-21-11-12-23-53(51)57-26-18-28-59-63(57)70(64)41-69(59)47-19-17-20-48(39-47)72-49-30-32-55-54-24-15-16-27-58(54)71(60(55)40-49)61-38-44(33-34-68-61)65(2,3)4/h11-40H,41H2,1-10H3/i1D3,5D3,6D3,7D3. The van der Waals surface area contributed by atoms with Crippen molar-refractivity contribution in [3.63, 3.8) is 0 Å². The molecule has 0 bridgehead atoms. The average molecular weight is 951 g/mol. The second kappa shape index (κ2) is 16.6. The Kier molecular flexibility index (Phi) is 7.76. The van der Waals surface area contributed by atoms with Gasteiger partial charge in [0.1, 0.15) is 24.0 Å². The van der Waals surface area contributed by atoms with Crippen molar-refractivity contribution in [2.75, 3.05) is 4.90 Å². The van der Waals surface area contributed by atoms with E-state index in [-0.39, 0.29) is 17.6 Å². The highest BCUT2D eigenvalue weighted by atomic mass is 16.5. The van der Waals surface area contributed by atoms with Crippen LogP contribution in [0.2, 0.25) is 0 Å². The Morgan fingerprint density at radius 1 is 0.500 bits per heavy atom. The third-order valence-corrected chi connectivity index (χ3v) is 14.4. The number of ether oxygens (including phenoxy) is 1. The van der Waals surface area contributed by atoms with Crippen molar-refractivity contribution in [2.45, 2.75) is 91.9 Å². The van der Waals surface area contributed by atoms with Crippen molar-refractivity contribution >= 4 is 76.5 Å². The number of anilines is 2. The number of pyridine rings is 1. The van der Waals surface area contributed by atoms with Crippen molar-refractivity contribution in [3.05, 3.63) is 204 Å². The third kappa shape index (κ3) is 7.56. The third-order valence-electron chi connectivity index (χ3n) is 14.4. The molecule has 8 aromatic carbocycles. The Morgan fingerprint density at radius 3 is 1.88 bits per heavy atom. The molecule has 0 radical (unpaired) electrons. The van der Waals surface area contributed by atoms with Crippen LogP contribution in [0.1, 0.15) is 101 Å². The van der Waals surface area contributed by atoms with Crippen LogP contribution in [0.3, 0.4) is 0 Å². The van der Waals surface area contributed by atoms with E-state index in [0.29, 0.717) is 44.5 Å².